The molecule has 0 radical (unpaired) electrons. The second-order valence-electron chi connectivity index (χ2n) is 15.7. The van der Waals surface area contributed by atoms with Gasteiger partial charge in [0.1, 0.15) is 23.4 Å². The molecule has 6 N–H and O–H groups in total. The van der Waals surface area contributed by atoms with E-state index in [4.69, 9.17) is 15.2 Å². The lowest BCUT2D eigenvalue weighted by Gasteiger charge is -2.39. The van der Waals surface area contributed by atoms with Gasteiger partial charge in [-0.05, 0) is 86.7 Å². The molecule has 0 saturated carbocycles. The number of anilines is 4. The van der Waals surface area contributed by atoms with Crippen LogP contribution in [0.25, 0.3) is 11.0 Å². The molecular formula is C39H49N11O5. The Balaban J connectivity index is 0.819. The monoisotopic (exact) mass is 751 g/mol. The maximum absolute atomic E-state index is 12.6. The second kappa shape index (κ2) is 14.7. The van der Waals surface area contributed by atoms with E-state index in [0.717, 1.165) is 94.8 Å². The van der Waals surface area contributed by atoms with Crippen molar-refractivity contribution in [1.29, 1.82) is 0 Å². The first-order chi connectivity index (χ1) is 26.7. The molecule has 55 heavy (non-hydrogen) atoms. The third-order valence-electron chi connectivity index (χ3n) is 12.3. The highest BCUT2D eigenvalue weighted by Crippen LogP contribution is 2.37. The summed E-state index contributed by atoms with van der Waals surface area (Å²) in [5.41, 5.74) is 11.9. The molecule has 16 nitrogen and oxygen atoms in total. The first-order valence-electron chi connectivity index (χ1n) is 19.5. The average Bonchev–Trinajstić information content (AvgIpc) is 3.90. The van der Waals surface area contributed by atoms with Crippen molar-refractivity contribution < 1.29 is 24.3 Å². The maximum atomic E-state index is 12.6. The Kier molecular flexibility index (Phi) is 9.64. The van der Waals surface area contributed by atoms with Crippen LogP contribution in [0.15, 0.2) is 47.1 Å². The van der Waals surface area contributed by atoms with Crippen LogP contribution in [0, 0.1) is 0 Å². The standard InChI is InChI=1S/C39H49N11O5/c1-46-15-16-50(39(46)54)28-3-2-12-48(22-28)32-19-41-35(36(40)52)37(43-32)42-25-4-6-26(7-5-25)47-13-10-27(11-14-47)49-20-23-17-30-31(18-24(23)21-49)55-45-34(30)29-8-9-33(51)44-38(29)53/h4-7,17-19,27-29,36,39,52,54H,2-3,8-16,20-22,40H2,1H3,(H,42,43)(H,44,51,53)/t28-,29?,36?,39?/m1/s1. The molecule has 4 aromatic rings. The number of amides is 2. The molecule has 4 fully saturated rings. The molecule has 3 unspecified atom stereocenters. The topological polar surface area (TPSA) is 193 Å². The number of aliphatic hydroxyl groups is 2. The minimum Gasteiger partial charge on any atom is -0.373 e. The number of hydrogen-bond acceptors (Lipinski definition) is 15. The number of imide groups is 1. The Hall–Kier alpha value is -4.71. The van der Waals surface area contributed by atoms with Crippen LogP contribution >= 0.6 is 0 Å². The summed E-state index contributed by atoms with van der Waals surface area (Å²) in [6.45, 7) is 6.82. The normalized spacial score (nSPS) is 25.1. The minimum absolute atomic E-state index is 0.212. The van der Waals surface area contributed by atoms with E-state index in [2.05, 4.69) is 64.6 Å². The molecule has 16 heteroatoms. The summed E-state index contributed by atoms with van der Waals surface area (Å²) < 4.78 is 5.68. The Labute approximate surface area is 319 Å². The van der Waals surface area contributed by atoms with Crippen molar-refractivity contribution in [2.24, 2.45) is 5.73 Å². The van der Waals surface area contributed by atoms with Crippen LogP contribution in [0.3, 0.4) is 0 Å². The third kappa shape index (κ3) is 7.02. The zero-order chi connectivity index (χ0) is 37.8. The average molecular weight is 752 g/mol. The number of benzene rings is 2. The summed E-state index contributed by atoms with van der Waals surface area (Å²) in [6, 6.07) is 13.1. The van der Waals surface area contributed by atoms with Crippen LogP contribution in [-0.2, 0) is 22.7 Å². The molecule has 7 heterocycles. The predicted octanol–water partition coefficient (Wildman–Crippen LogP) is 2.31. The van der Waals surface area contributed by atoms with Crippen LogP contribution in [0.5, 0.6) is 0 Å². The smallest absolute Gasteiger partial charge is 0.235 e. The highest BCUT2D eigenvalue weighted by Gasteiger charge is 2.37. The number of likely N-dealkylation sites (N-methyl/N-ethyl adjacent to an activating group) is 1. The van der Waals surface area contributed by atoms with Gasteiger partial charge in [-0.1, -0.05) is 5.16 Å². The molecule has 5 aliphatic rings. The van der Waals surface area contributed by atoms with Crippen molar-refractivity contribution in [2.45, 2.75) is 82.2 Å². The Morgan fingerprint density at radius 1 is 0.964 bits per heavy atom. The lowest BCUT2D eigenvalue weighted by atomic mass is 9.92. The number of nitrogens with one attached hydrogen (secondary N) is 2. The van der Waals surface area contributed by atoms with Gasteiger partial charge in [0.2, 0.25) is 11.8 Å². The third-order valence-corrected chi connectivity index (χ3v) is 12.3. The predicted molar refractivity (Wildman–Crippen MR) is 205 cm³/mol. The van der Waals surface area contributed by atoms with E-state index in [1.165, 1.54) is 11.1 Å². The molecule has 0 spiro atoms. The van der Waals surface area contributed by atoms with E-state index in [0.29, 0.717) is 41.8 Å². The van der Waals surface area contributed by atoms with Gasteiger partial charge in [0.15, 0.2) is 17.8 Å². The van der Waals surface area contributed by atoms with Gasteiger partial charge >= 0.3 is 0 Å². The largest absolute Gasteiger partial charge is 0.373 e. The molecule has 4 atom stereocenters. The molecule has 5 aliphatic heterocycles. The highest BCUT2D eigenvalue weighted by molar-refractivity contribution is 6.02. The number of aromatic nitrogens is 3. The molecular weight excluding hydrogens is 703 g/mol. The highest BCUT2D eigenvalue weighted by atomic mass is 16.5. The van der Waals surface area contributed by atoms with Gasteiger partial charge in [-0.25, -0.2) is 9.97 Å². The summed E-state index contributed by atoms with van der Waals surface area (Å²) >= 11 is 0. The van der Waals surface area contributed by atoms with E-state index in [1.807, 2.05) is 24.1 Å². The number of nitrogens with zero attached hydrogens (tertiary/aromatic N) is 8. The second-order valence-corrected chi connectivity index (χ2v) is 15.7. The maximum Gasteiger partial charge on any atom is 0.235 e. The fourth-order valence-corrected chi connectivity index (χ4v) is 9.14. The van der Waals surface area contributed by atoms with E-state index in [-0.39, 0.29) is 23.6 Å². The fourth-order valence-electron chi connectivity index (χ4n) is 9.14. The number of carbonyl (C=O) groups is 2. The van der Waals surface area contributed by atoms with Gasteiger partial charge in [0.25, 0.3) is 0 Å². The Morgan fingerprint density at radius 2 is 1.75 bits per heavy atom. The molecule has 2 amide bonds. The number of hydrogen-bond donors (Lipinski definition) is 5. The molecule has 4 saturated heterocycles. The Bertz CT molecular complexity index is 2070. The van der Waals surface area contributed by atoms with Crippen molar-refractivity contribution in [3.8, 4) is 0 Å². The molecule has 0 bridgehead atoms. The van der Waals surface area contributed by atoms with Crippen molar-refractivity contribution in [3.63, 3.8) is 0 Å². The first kappa shape index (κ1) is 36.0. The van der Waals surface area contributed by atoms with Gasteiger partial charge < -0.3 is 35.6 Å². The summed E-state index contributed by atoms with van der Waals surface area (Å²) in [5.74, 6) is 0.117. The summed E-state index contributed by atoms with van der Waals surface area (Å²) in [7, 11) is 1.94. The van der Waals surface area contributed by atoms with E-state index in [9.17, 15) is 19.8 Å². The molecule has 9 rings (SSSR count). The van der Waals surface area contributed by atoms with E-state index >= 15 is 0 Å². The van der Waals surface area contributed by atoms with Crippen LogP contribution in [-0.4, -0.2) is 117 Å². The van der Waals surface area contributed by atoms with Crippen molar-refractivity contribution in [2.75, 3.05) is 61.4 Å². The fraction of sp³-hybridized carbons (Fsp3) is 0.513. The summed E-state index contributed by atoms with van der Waals surface area (Å²) in [4.78, 5) is 44.9. The molecule has 290 valence electrons. The van der Waals surface area contributed by atoms with Gasteiger partial charge in [0, 0.05) is 87.6 Å². The van der Waals surface area contributed by atoms with Crippen LogP contribution in [0.2, 0.25) is 0 Å². The SMILES string of the molecule is CN1CCN([C@@H]2CCCN(c3cnc(C(N)O)c(Nc4ccc(N5CCC(N6Cc7cc8onc(C9CCC(=O)NC9=O)c8cc7C6)CC5)cc4)n3)C2)C1O. The lowest BCUT2D eigenvalue weighted by molar-refractivity contribution is -0.134. The van der Waals surface area contributed by atoms with Gasteiger partial charge in [-0.2, -0.15) is 0 Å². The van der Waals surface area contributed by atoms with Gasteiger partial charge in [0.05, 0.1) is 12.1 Å². The number of carbonyl (C=O) groups excluding carboxylic acids is 2. The number of rotatable bonds is 8. The van der Waals surface area contributed by atoms with Crippen molar-refractivity contribution in [1.82, 2.24) is 35.1 Å². The lowest BCUT2D eigenvalue weighted by Crippen LogP contribution is -2.51. The zero-order valence-electron chi connectivity index (χ0n) is 31.1. The van der Waals surface area contributed by atoms with Crippen LogP contribution < -0.4 is 26.2 Å². The first-order valence-corrected chi connectivity index (χ1v) is 19.5. The van der Waals surface area contributed by atoms with Crippen LogP contribution in [0.4, 0.5) is 23.0 Å². The summed E-state index contributed by atoms with van der Waals surface area (Å²) in [6.07, 6.45) is 4.65. The van der Waals surface area contributed by atoms with E-state index < -0.39 is 18.5 Å². The Morgan fingerprint density at radius 3 is 2.47 bits per heavy atom. The summed E-state index contributed by atoms with van der Waals surface area (Å²) in [5, 5.41) is 31.9. The quantitative estimate of drug-likeness (QED) is 0.130. The molecule has 2 aromatic carbocycles. The van der Waals surface area contributed by atoms with E-state index in [1.54, 1.807) is 6.20 Å². The van der Waals surface area contributed by atoms with Crippen molar-refractivity contribution >= 4 is 45.8 Å². The number of nitrogens with two attached hydrogens (primary N) is 1. The zero-order valence-corrected chi connectivity index (χ0v) is 31.1. The number of piperidine rings is 3. The number of aliphatic hydroxyl groups excluding tert-OH is 2. The molecule has 2 aromatic heterocycles. The van der Waals surface area contributed by atoms with Crippen molar-refractivity contribution in [3.05, 3.63) is 65.1 Å². The van der Waals surface area contributed by atoms with Gasteiger partial charge in [-0.15, -0.1) is 0 Å². The molecule has 0 aliphatic carbocycles. The van der Waals surface area contributed by atoms with Gasteiger partial charge in [-0.3, -0.25) is 29.6 Å². The van der Waals surface area contributed by atoms with Crippen LogP contribution in [0.1, 0.15) is 73.2 Å². The minimum atomic E-state index is -1.28. The number of fused-ring (bicyclic) bond motifs is 2.